The van der Waals surface area contributed by atoms with Gasteiger partial charge in [-0.15, -0.1) is 0 Å². The third kappa shape index (κ3) is 5.27. The molecule has 0 radical (unpaired) electrons. The first-order chi connectivity index (χ1) is 10.7. The van der Waals surface area contributed by atoms with E-state index in [2.05, 4.69) is 5.32 Å². The Bertz CT molecular complexity index is 570. The molecule has 1 aliphatic rings. The zero-order chi connectivity index (χ0) is 17.0. The normalized spacial score (nSPS) is 16.1. The number of nitrogens with one attached hydrogen (secondary N) is 1. The van der Waals surface area contributed by atoms with E-state index >= 15 is 0 Å². The number of aryl methyl sites for hydroxylation is 1. The molecule has 1 heterocycles. The molecular formula is C18H26N2O3. The Labute approximate surface area is 138 Å². The van der Waals surface area contributed by atoms with Crippen molar-refractivity contribution in [1.29, 1.82) is 0 Å². The van der Waals surface area contributed by atoms with Crippen LogP contribution in [-0.2, 0) is 4.74 Å². The van der Waals surface area contributed by atoms with Gasteiger partial charge in [0.25, 0.3) is 5.91 Å². The number of carbonyl (C=O) groups excluding carboxylic acids is 2. The van der Waals surface area contributed by atoms with Crippen molar-refractivity contribution >= 4 is 12.0 Å². The molecule has 5 heteroatoms. The fourth-order valence-electron chi connectivity index (χ4n) is 2.59. The maximum atomic E-state index is 12.3. The summed E-state index contributed by atoms with van der Waals surface area (Å²) in [6.45, 7) is 8.76. The van der Waals surface area contributed by atoms with E-state index in [1.54, 1.807) is 4.90 Å². The Balaban J connectivity index is 1.83. The zero-order valence-corrected chi connectivity index (χ0v) is 14.4. The van der Waals surface area contributed by atoms with Crippen LogP contribution in [0, 0.1) is 6.92 Å². The standard InChI is InChI=1S/C18H26N2O3/c1-13-6-5-7-14(12-13)16(21)19-15-8-10-20(11-9-15)17(22)23-18(2,3)4/h5-7,12,15H,8-11H2,1-4H3,(H,19,21). The molecule has 0 saturated carbocycles. The van der Waals surface area contributed by atoms with Crippen LogP contribution in [0.15, 0.2) is 24.3 Å². The minimum Gasteiger partial charge on any atom is -0.444 e. The molecule has 1 N–H and O–H groups in total. The van der Waals surface area contributed by atoms with Gasteiger partial charge in [0.15, 0.2) is 0 Å². The Kier molecular flexibility index (Phi) is 5.29. The van der Waals surface area contributed by atoms with E-state index in [0.717, 1.165) is 18.4 Å². The number of nitrogens with zero attached hydrogens (tertiary/aromatic N) is 1. The first-order valence-corrected chi connectivity index (χ1v) is 8.10. The highest BCUT2D eigenvalue weighted by molar-refractivity contribution is 5.94. The number of benzene rings is 1. The van der Waals surface area contributed by atoms with Crippen LogP contribution in [0.1, 0.15) is 49.5 Å². The van der Waals surface area contributed by atoms with E-state index in [1.807, 2.05) is 52.0 Å². The van der Waals surface area contributed by atoms with Crippen molar-refractivity contribution in [3.63, 3.8) is 0 Å². The van der Waals surface area contributed by atoms with Gasteiger partial charge >= 0.3 is 6.09 Å². The molecule has 0 aromatic heterocycles. The van der Waals surface area contributed by atoms with Crippen LogP contribution >= 0.6 is 0 Å². The lowest BCUT2D eigenvalue weighted by atomic mass is 10.0. The van der Waals surface area contributed by atoms with E-state index < -0.39 is 5.60 Å². The lowest BCUT2D eigenvalue weighted by Crippen LogP contribution is -2.47. The second kappa shape index (κ2) is 7.02. The van der Waals surface area contributed by atoms with Gasteiger partial charge < -0.3 is 15.0 Å². The van der Waals surface area contributed by atoms with E-state index in [1.165, 1.54) is 0 Å². The number of likely N-dealkylation sites (tertiary alicyclic amines) is 1. The molecule has 2 amide bonds. The summed E-state index contributed by atoms with van der Waals surface area (Å²) in [5.41, 5.74) is 1.27. The van der Waals surface area contributed by atoms with Crippen LogP contribution in [0.4, 0.5) is 4.79 Å². The molecule has 0 bridgehead atoms. The van der Waals surface area contributed by atoms with Crippen LogP contribution in [0.3, 0.4) is 0 Å². The molecule has 126 valence electrons. The predicted octanol–water partition coefficient (Wildman–Crippen LogP) is 3.12. The van der Waals surface area contributed by atoms with Crippen LogP contribution in [0.2, 0.25) is 0 Å². The fourth-order valence-corrected chi connectivity index (χ4v) is 2.59. The highest BCUT2D eigenvalue weighted by Gasteiger charge is 2.27. The Morgan fingerprint density at radius 1 is 1.22 bits per heavy atom. The molecule has 1 aromatic rings. The van der Waals surface area contributed by atoms with Crippen molar-refractivity contribution in [2.24, 2.45) is 0 Å². The van der Waals surface area contributed by atoms with Crippen molar-refractivity contribution in [2.75, 3.05) is 13.1 Å². The first kappa shape index (κ1) is 17.3. The van der Waals surface area contributed by atoms with Crippen LogP contribution < -0.4 is 5.32 Å². The lowest BCUT2D eigenvalue weighted by molar-refractivity contribution is 0.0199. The molecule has 0 atom stereocenters. The third-order valence-corrected chi connectivity index (χ3v) is 3.76. The second-order valence-electron chi connectivity index (χ2n) is 7.08. The molecule has 1 aliphatic heterocycles. The minimum absolute atomic E-state index is 0.0515. The number of hydrogen-bond donors (Lipinski definition) is 1. The molecule has 1 aromatic carbocycles. The van der Waals surface area contributed by atoms with Crippen molar-refractivity contribution in [2.45, 2.75) is 52.2 Å². The quantitative estimate of drug-likeness (QED) is 0.911. The first-order valence-electron chi connectivity index (χ1n) is 8.10. The summed E-state index contributed by atoms with van der Waals surface area (Å²) in [7, 11) is 0. The molecule has 0 spiro atoms. The number of amides is 2. The highest BCUT2D eigenvalue weighted by atomic mass is 16.6. The predicted molar refractivity (Wildman–Crippen MR) is 89.5 cm³/mol. The van der Waals surface area contributed by atoms with E-state index in [0.29, 0.717) is 18.7 Å². The van der Waals surface area contributed by atoms with Gasteiger partial charge in [-0.3, -0.25) is 4.79 Å². The fraction of sp³-hybridized carbons (Fsp3) is 0.556. The third-order valence-electron chi connectivity index (χ3n) is 3.76. The van der Waals surface area contributed by atoms with Crippen molar-refractivity contribution in [3.05, 3.63) is 35.4 Å². The van der Waals surface area contributed by atoms with Gasteiger partial charge in [0.2, 0.25) is 0 Å². The number of rotatable bonds is 2. The van der Waals surface area contributed by atoms with Gasteiger partial charge in [-0.05, 0) is 52.7 Å². The summed E-state index contributed by atoms with van der Waals surface area (Å²) in [5.74, 6) is -0.0515. The van der Waals surface area contributed by atoms with Gasteiger partial charge in [0, 0.05) is 24.7 Å². The Morgan fingerprint density at radius 2 is 1.87 bits per heavy atom. The summed E-state index contributed by atoms with van der Waals surface area (Å²) in [4.78, 5) is 26.0. The average molecular weight is 318 g/mol. The molecule has 0 aliphatic carbocycles. The zero-order valence-electron chi connectivity index (χ0n) is 14.4. The Hall–Kier alpha value is -2.04. The van der Waals surface area contributed by atoms with Crippen molar-refractivity contribution < 1.29 is 14.3 Å². The van der Waals surface area contributed by atoms with Gasteiger partial charge in [-0.2, -0.15) is 0 Å². The lowest BCUT2D eigenvalue weighted by Gasteiger charge is -2.33. The number of ether oxygens (including phenoxy) is 1. The molecule has 1 fully saturated rings. The highest BCUT2D eigenvalue weighted by Crippen LogP contribution is 2.16. The Morgan fingerprint density at radius 3 is 2.43 bits per heavy atom. The monoisotopic (exact) mass is 318 g/mol. The topological polar surface area (TPSA) is 58.6 Å². The van der Waals surface area contributed by atoms with Crippen molar-refractivity contribution in [3.8, 4) is 0 Å². The number of piperidine rings is 1. The summed E-state index contributed by atoms with van der Waals surface area (Å²) in [6.07, 6.45) is 1.22. The van der Waals surface area contributed by atoms with E-state index in [-0.39, 0.29) is 18.0 Å². The van der Waals surface area contributed by atoms with Gasteiger partial charge in [0.1, 0.15) is 5.60 Å². The molecule has 0 unspecified atom stereocenters. The SMILES string of the molecule is Cc1cccc(C(=O)NC2CCN(C(=O)OC(C)(C)C)CC2)c1. The smallest absolute Gasteiger partial charge is 0.410 e. The van der Waals surface area contributed by atoms with Crippen molar-refractivity contribution in [1.82, 2.24) is 10.2 Å². The van der Waals surface area contributed by atoms with Crippen LogP contribution in [0.5, 0.6) is 0 Å². The van der Waals surface area contributed by atoms with E-state index in [9.17, 15) is 9.59 Å². The summed E-state index contributed by atoms with van der Waals surface area (Å²) < 4.78 is 5.38. The van der Waals surface area contributed by atoms with Crippen LogP contribution in [0.25, 0.3) is 0 Å². The van der Waals surface area contributed by atoms with Gasteiger partial charge in [-0.1, -0.05) is 17.7 Å². The largest absolute Gasteiger partial charge is 0.444 e. The molecule has 5 nitrogen and oxygen atoms in total. The summed E-state index contributed by atoms with van der Waals surface area (Å²) >= 11 is 0. The molecular weight excluding hydrogens is 292 g/mol. The molecule has 1 saturated heterocycles. The molecule has 23 heavy (non-hydrogen) atoms. The maximum Gasteiger partial charge on any atom is 0.410 e. The maximum absolute atomic E-state index is 12.3. The van der Waals surface area contributed by atoms with E-state index in [4.69, 9.17) is 4.74 Å². The van der Waals surface area contributed by atoms with Gasteiger partial charge in [0.05, 0.1) is 0 Å². The van der Waals surface area contributed by atoms with Gasteiger partial charge in [-0.25, -0.2) is 4.79 Å². The number of carbonyl (C=O) groups is 2. The molecule has 2 rings (SSSR count). The number of hydrogen-bond acceptors (Lipinski definition) is 3. The second-order valence-corrected chi connectivity index (χ2v) is 7.08. The minimum atomic E-state index is -0.479. The summed E-state index contributed by atoms with van der Waals surface area (Å²) in [5, 5.41) is 3.05. The average Bonchev–Trinajstić information content (AvgIpc) is 2.46. The van der Waals surface area contributed by atoms with Crippen LogP contribution in [-0.4, -0.2) is 41.6 Å². The summed E-state index contributed by atoms with van der Waals surface area (Å²) in [6, 6.07) is 7.65.